The number of nitrogens with one attached hydrogen (secondary N) is 1. The summed E-state index contributed by atoms with van der Waals surface area (Å²) in [6.45, 7) is 5.40. The van der Waals surface area contributed by atoms with Gasteiger partial charge in [-0.3, -0.25) is 9.52 Å². The number of sulfonamides is 1. The van der Waals surface area contributed by atoms with Crippen molar-refractivity contribution < 1.29 is 13.2 Å². The van der Waals surface area contributed by atoms with E-state index in [0.29, 0.717) is 16.5 Å². The fourth-order valence-electron chi connectivity index (χ4n) is 2.77. The van der Waals surface area contributed by atoms with Crippen LogP contribution in [0.1, 0.15) is 35.1 Å². The zero-order valence-electron chi connectivity index (χ0n) is 14.2. The Hall–Kier alpha value is -1.93. The third-order valence-corrected chi connectivity index (χ3v) is 6.88. The number of rotatable bonds is 4. The van der Waals surface area contributed by atoms with Gasteiger partial charge in [0.15, 0.2) is 5.13 Å². The van der Waals surface area contributed by atoms with Crippen LogP contribution in [-0.4, -0.2) is 37.3 Å². The van der Waals surface area contributed by atoms with E-state index in [1.54, 1.807) is 25.1 Å². The molecule has 1 aliphatic heterocycles. The normalized spacial score (nSPS) is 16.0. The third-order valence-electron chi connectivity index (χ3n) is 4.34. The van der Waals surface area contributed by atoms with Gasteiger partial charge in [0.05, 0.1) is 10.6 Å². The minimum atomic E-state index is -3.70. The number of hydrogen-bond acceptors (Lipinski definition) is 5. The Labute approximate surface area is 151 Å². The van der Waals surface area contributed by atoms with Crippen molar-refractivity contribution >= 4 is 32.4 Å². The van der Waals surface area contributed by atoms with Crippen molar-refractivity contribution in [2.75, 3.05) is 17.8 Å². The number of hydrogen-bond donors (Lipinski definition) is 1. The van der Waals surface area contributed by atoms with E-state index in [4.69, 9.17) is 0 Å². The van der Waals surface area contributed by atoms with E-state index in [9.17, 15) is 13.2 Å². The summed E-state index contributed by atoms with van der Waals surface area (Å²) < 4.78 is 27.2. The lowest BCUT2D eigenvalue weighted by atomic mass is 9.99. The molecular formula is C17H21N3O3S2. The molecule has 1 aromatic heterocycles. The first kappa shape index (κ1) is 17.9. The van der Waals surface area contributed by atoms with Crippen molar-refractivity contribution in [1.82, 2.24) is 9.88 Å². The summed E-state index contributed by atoms with van der Waals surface area (Å²) >= 11 is 1.09. The fraction of sp³-hybridized carbons (Fsp3) is 0.412. The number of anilines is 1. The standard InChI is InChI=1S/C17H21N3O3S2/c1-12-8-10-20(11-9-12)16(21)15-13(2)18-17(24-15)19-25(22,23)14-6-4-3-5-7-14/h3-7,12H,8-11H2,1-2H3,(H,18,19). The number of carbonyl (C=O) groups is 1. The molecule has 1 N–H and O–H groups in total. The van der Waals surface area contributed by atoms with Gasteiger partial charge < -0.3 is 4.90 Å². The molecule has 1 saturated heterocycles. The lowest BCUT2D eigenvalue weighted by molar-refractivity contribution is 0.0701. The summed E-state index contributed by atoms with van der Waals surface area (Å²) in [6.07, 6.45) is 1.99. The van der Waals surface area contributed by atoms with Crippen LogP contribution in [0, 0.1) is 12.8 Å². The van der Waals surface area contributed by atoms with Gasteiger partial charge in [-0.2, -0.15) is 0 Å². The van der Waals surface area contributed by atoms with Gasteiger partial charge in [0.25, 0.3) is 15.9 Å². The molecule has 0 aliphatic carbocycles. The molecule has 2 aromatic rings. The van der Waals surface area contributed by atoms with Crippen LogP contribution in [0.4, 0.5) is 5.13 Å². The molecule has 134 valence electrons. The highest BCUT2D eigenvalue weighted by Crippen LogP contribution is 2.27. The van der Waals surface area contributed by atoms with Gasteiger partial charge in [-0.05, 0) is 37.8 Å². The number of carbonyl (C=O) groups excluding carboxylic acids is 1. The molecule has 1 fully saturated rings. The molecule has 0 bridgehead atoms. The van der Waals surface area contributed by atoms with Gasteiger partial charge in [-0.1, -0.05) is 36.5 Å². The topological polar surface area (TPSA) is 79.4 Å². The zero-order valence-corrected chi connectivity index (χ0v) is 15.9. The molecule has 0 saturated carbocycles. The van der Waals surface area contributed by atoms with Crippen molar-refractivity contribution in [1.29, 1.82) is 0 Å². The molecule has 0 atom stereocenters. The van der Waals surface area contributed by atoms with E-state index >= 15 is 0 Å². The summed E-state index contributed by atoms with van der Waals surface area (Å²) in [5, 5.41) is 0.218. The summed E-state index contributed by atoms with van der Waals surface area (Å²) in [5.74, 6) is 0.576. The number of amides is 1. The van der Waals surface area contributed by atoms with Gasteiger partial charge in [0.2, 0.25) is 0 Å². The van der Waals surface area contributed by atoms with E-state index in [-0.39, 0.29) is 15.9 Å². The predicted octanol–water partition coefficient (Wildman–Crippen LogP) is 3.12. The molecule has 1 aromatic carbocycles. The number of likely N-dealkylation sites (tertiary alicyclic amines) is 1. The molecular weight excluding hydrogens is 358 g/mol. The molecule has 1 amide bonds. The number of nitrogens with zero attached hydrogens (tertiary/aromatic N) is 2. The fourth-order valence-corrected chi connectivity index (χ4v) is 4.96. The number of aryl methyl sites for hydroxylation is 1. The number of piperidine rings is 1. The highest BCUT2D eigenvalue weighted by molar-refractivity contribution is 7.93. The second kappa shape index (κ2) is 7.13. The molecule has 3 rings (SSSR count). The lowest BCUT2D eigenvalue weighted by Gasteiger charge is -2.29. The van der Waals surface area contributed by atoms with Crippen molar-refractivity contribution in [3.05, 3.63) is 40.9 Å². The van der Waals surface area contributed by atoms with Crippen LogP contribution < -0.4 is 4.72 Å². The molecule has 0 radical (unpaired) electrons. The monoisotopic (exact) mass is 379 g/mol. The summed E-state index contributed by atoms with van der Waals surface area (Å²) in [5.41, 5.74) is 0.555. The Balaban J connectivity index is 1.77. The van der Waals surface area contributed by atoms with Gasteiger partial charge in [-0.25, -0.2) is 13.4 Å². The minimum absolute atomic E-state index is 0.0629. The second-order valence-electron chi connectivity index (χ2n) is 6.33. The highest BCUT2D eigenvalue weighted by Gasteiger charge is 2.26. The van der Waals surface area contributed by atoms with Crippen LogP contribution >= 0.6 is 11.3 Å². The zero-order chi connectivity index (χ0) is 18.0. The van der Waals surface area contributed by atoms with Crippen LogP contribution in [0.5, 0.6) is 0 Å². The van der Waals surface area contributed by atoms with Crippen molar-refractivity contribution in [3.8, 4) is 0 Å². The van der Waals surface area contributed by atoms with Crippen LogP contribution in [0.25, 0.3) is 0 Å². The second-order valence-corrected chi connectivity index (χ2v) is 9.01. The van der Waals surface area contributed by atoms with Gasteiger partial charge in [-0.15, -0.1) is 0 Å². The quantitative estimate of drug-likeness (QED) is 0.885. The minimum Gasteiger partial charge on any atom is -0.338 e. The maximum absolute atomic E-state index is 12.7. The van der Waals surface area contributed by atoms with Crippen LogP contribution in [0.3, 0.4) is 0 Å². The Morgan fingerprint density at radius 2 is 1.88 bits per heavy atom. The predicted molar refractivity (Wildman–Crippen MR) is 98.4 cm³/mol. The molecule has 0 unspecified atom stereocenters. The average Bonchev–Trinajstić information content (AvgIpc) is 2.95. The summed E-state index contributed by atoms with van der Waals surface area (Å²) in [7, 11) is -3.70. The van der Waals surface area contributed by atoms with Crippen molar-refractivity contribution in [2.24, 2.45) is 5.92 Å². The number of benzene rings is 1. The van der Waals surface area contributed by atoms with E-state index in [0.717, 1.165) is 37.3 Å². The molecule has 8 heteroatoms. The Kier molecular flexibility index (Phi) is 5.10. The smallest absolute Gasteiger partial charge is 0.265 e. The molecule has 25 heavy (non-hydrogen) atoms. The SMILES string of the molecule is Cc1nc(NS(=O)(=O)c2ccccc2)sc1C(=O)N1CCC(C)CC1. The van der Waals surface area contributed by atoms with Crippen LogP contribution in [-0.2, 0) is 10.0 Å². The first-order chi connectivity index (χ1) is 11.9. The number of thiazole rings is 1. The highest BCUT2D eigenvalue weighted by atomic mass is 32.2. The third kappa shape index (κ3) is 4.01. The molecule has 0 spiro atoms. The van der Waals surface area contributed by atoms with Crippen LogP contribution in [0.2, 0.25) is 0 Å². The lowest BCUT2D eigenvalue weighted by Crippen LogP contribution is -2.37. The van der Waals surface area contributed by atoms with Gasteiger partial charge in [0, 0.05) is 13.1 Å². The van der Waals surface area contributed by atoms with E-state index < -0.39 is 10.0 Å². The van der Waals surface area contributed by atoms with E-state index in [1.165, 1.54) is 12.1 Å². The Bertz CT molecular complexity index is 855. The molecule has 2 heterocycles. The maximum atomic E-state index is 12.7. The maximum Gasteiger partial charge on any atom is 0.265 e. The van der Waals surface area contributed by atoms with Crippen molar-refractivity contribution in [2.45, 2.75) is 31.6 Å². The van der Waals surface area contributed by atoms with Gasteiger partial charge >= 0.3 is 0 Å². The first-order valence-corrected chi connectivity index (χ1v) is 10.5. The molecule has 1 aliphatic rings. The largest absolute Gasteiger partial charge is 0.338 e. The van der Waals surface area contributed by atoms with Crippen molar-refractivity contribution in [3.63, 3.8) is 0 Å². The summed E-state index contributed by atoms with van der Waals surface area (Å²) in [6, 6.07) is 8.11. The average molecular weight is 380 g/mol. The van der Waals surface area contributed by atoms with Gasteiger partial charge in [0.1, 0.15) is 4.88 Å². The first-order valence-electron chi connectivity index (χ1n) is 8.21. The molecule has 6 nitrogen and oxygen atoms in total. The summed E-state index contributed by atoms with van der Waals surface area (Å²) in [4.78, 5) is 19.4. The van der Waals surface area contributed by atoms with Crippen LogP contribution in [0.15, 0.2) is 35.2 Å². The Morgan fingerprint density at radius 3 is 2.52 bits per heavy atom. The number of aromatic nitrogens is 1. The van der Waals surface area contributed by atoms with E-state index in [1.807, 2.05) is 4.90 Å². The Morgan fingerprint density at radius 1 is 1.24 bits per heavy atom. The van der Waals surface area contributed by atoms with E-state index in [2.05, 4.69) is 16.6 Å².